The van der Waals surface area contributed by atoms with E-state index in [-0.39, 0.29) is 11.1 Å². The molecule has 0 radical (unpaired) electrons. The molecule has 0 saturated heterocycles. The van der Waals surface area contributed by atoms with Crippen LogP contribution in [0.3, 0.4) is 0 Å². The van der Waals surface area contributed by atoms with E-state index in [1.165, 1.54) is 5.56 Å². The predicted octanol–water partition coefficient (Wildman–Crippen LogP) is 5.14. The summed E-state index contributed by atoms with van der Waals surface area (Å²) in [5, 5.41) is 1.10. The van der Waals surface area contributed by atoms with E-state index in [0.717, 1.165) is 5.33 Å². The molecule has 0 fully saturated rings. The van der Waals surface area contributed by atoms with Crippen molar-refractivity contribution >= 4 is 24.2 Å². The van der Waals surface area contributed by atoms with Gasteiger partial charge in [-0.1, -0.05) is 67.0 Å². The van der Waals surface area contributed by atoms with E-state index in [1.54, 1.807) is 0 Å². The molecule has 0 saturated carbocycles. The minimum Gasteiger partial charge on any atom is -0.409 e. The van der Waals surface area contributed by atoms with E-state index in [0.29, 0.717) is 0 Å². The third-order valence-electron chi connectivity index (χ3n) is 3.55. The molecule has 0 unspecified atom stereocenters. The van der Waals surface area contributed by atoms with Crippen molar-refractivity contribution in [3.63, 3.8) is 0 Å². The molecule has 1 aromatic rings. The van der Waals surface area contributed by atoms with Crippen molar-refractivity contribution in [2.75, 3.05) is 5.33 Å². The highest BCUT2D eigenvalue weighted by Crippen LogP contribution is 2.40. The lowest BCUT2D eigenvalue weighted by atomic mass is 10.1. The summed E-state index contributed by atoms with van der Waals surface area (Å²) in [4.78, 5) is 0. The maximum atomic E-state index is 6.43. The molecule has 0 aliphatic rings. The first-order chi connectivity index (χ1) is 7.78. The maximum absolute atomic E-state index is 6.43. The van der Waals surface area contributed by atoms with Gasteiger partial charge in [-0.05, 0) is 23.7 Å². The fraction of sp³-hybridized carbons (Fsp3) is 0.571. The van der Waals surface area contributed by atoms with Crippen LogP contribution in [0, 0.1) is 0 Å². The molecule has 1 rings (SSSR count). The van der Waals surface area contributed by atoms with Gasteiger partial charge in [0.2, 0.25) is 0 Å². The van der Waals surface area contributed by atoms with Crippen LogP contribution in [0.2, 0.25) is 18.1 Å². The third kappa shape index (κ3) is 3.93. The van der Waals surface area contributed by atoms with Crippen LogP contribution in [-0.4, -0.2) is 13.6 Å². The quantitative estimate of drug-likeness (QED) is 0.552. The van der Waals surface area contributed by atoms with Gasteiger partial charge in [-0.3, -0.25) is 0 Å². The Kier molecular flexibility index (Phi) is 4.99. The SMILES string of the molecule is CC(C)(C)[Si](C)(C)O[C@@H](CBr)c1ccccc1. The fourth-order valence-electron chi connectivity index (χ4n) is 1.39. The number of benzene rings is 1. The van der Waals surface area contributed by atoms with Gasteiger partial charge < -0.3 is 4.43 Å². The minimum absolute atomic E-state index is 0.164. The Hall–Kier alpha value is -0.123. The molecule has 17 heavy (non-hydrogen) atoms. The molecule has 0 N–H and O–H groups in total. The van der Waals surface area contributed by atoms with Gasteiger partial charge in [0.15, 0.2) is 8.32 Å². The van der Waals surface area contributed by atoms with Crippen molar-refractivity contribution < 1.29 is 4.43 Å². The molecule has 0 heterocycles. The first kappa shape index (κ1) is 14.9. The minimum atomic E-state index is -1.70. The van der Waals surface area contributed by atoms with Crippen LogP contribution in [-0.2, 0) is 4.43 Å². The molecule has 3 heteroatoms. The molecule has 96 valence electrons. The number of rotatable bonds is 4. The van der Waals surface area contributed by atoms with Gasteiger partial charge in [0.25, 0.3) is 0 Å². The van der Waals surface area contributed by atoms with Gasteiger partial charge in [0, 0.05) is 5.33 Å². The van der Waals surface area contributed by atoms with Crippen LogP contribution in [0.1, 0.15) is 32.4 Å². The third-order valence-corrected chi connectivity index (χ3v) is 8.63. The molecule has 1 aromatic carbocycles. The highest BCUT2D eigenvalue weighted by molar-refractivity contribution is 9.09. The highest BCUT2D eigenvalue weighted by atomic mass is 79.9. The number of alkyl halides is 1. The van der Waals surface area contributed by atoms with E-state index in [9.17, 15) is 0 Å². The topological polar surface area (TPSA) is 9.23 Å². The Morgan fingerprint density at radius 1 is 1.18 bits per heavy atom. The zero-order valence-corrected chi connectivity index (χ0v) is 14.0. The Labute approximate surface area is 115 Å². The lowest BCUT2D eigenvalue weighted by Gasteiger charge is -2.39. The van der Waals surface area contributed by atoms with Gasteiger partial charge in [0.1, 0.15) is 0 Å². The number of hydrogen-bond acceptors (Lipinski definition) is 1. The average Bonchev–Trinajstić information content (AvgIpc) is 2.25. The lowest BCUT2D eigenvalue weighted by Crippen LogP contribution is -2.42. The molecule has 0 amide bonds. The second-order valence-electron chi connectivity index (χ2n) is 5.93. The van der Waals surface area contributed by atoms with Crippen molar-refractivity contribution in [2.45, 2.75) is 45.0 Å². The molecule has 0 aromatic heterocycles. The predicted molar refractivity (Wildman–Crippen MR) is 81.3 cm³/mol. The molecule has 0 aliphatic carbocycles. The molecule has 0 bridgehead atoms. The number of halogens is 1. The van der Waals surface area contributed by atoms with Crippen LogP contribution in [0.5, 0.6) is 0 Å². The monoisotopic (exact) mass is 314 g/mol. The standard InChI is InChI=1S/C14H23BrOSi/c1-14(2,3)17(4,5)16-13(11-15)12-9-7-6-8-10-12/h6-10,13H,11H2,1-5H3/t13-/m0/s1. The van der Waals surface area contributed by atoms with Crippen LogP contribution >= 0.6 is 15.9 Å². The summed E-state index contributed by atoms with van der Waals surface area (Å²) in [7, 11) is -1.70. The van der Waals surface area contributed by atoms with E-state index in [2.05, 4.69) is 74.1 Å². The van der Waals surface area contributed by atoms with Crippen molar-refractivity contribution in [1.82, 2.24) is 0 Å². The van der Waals surface area contributed by atoms with Crippen LogP contribution in [0.15, 0.2) is 30.3 Å². The summed E-state index contributed by atoms with van der Waals surface area (Å²) in [5.74, 6) is 0. The van der Waals surface area contributed by atoms with Crippen LogP contribution in [0.25, 0.3) is 0 Å². The second-order valence-corrected chi connectivity index (χ2v) is 11.3. The normalized spacial score (nSPS) is 14.7. The van der Waals surface area contributed by atoms with Gasteiger partial charge in [-0.25, -0.2) is 0 Å². The summed E-state index contributed by atoms with van der Waals surface area (Å²) in [5.41, 5.74) is 1.26. The van der Waals surface area contributed by atoms with Gasteiger partial charge in [-0.15, -0.1) is 0 Å². The van der Waals surface area contributed by atoms with Crippen molar-refractivity contribution in [1.29, 1.82) is 0 Å². The average molecular weight is 315 g/mol. The summed E-state index contributed by atoms with van der Waals surface area (Å²) in [6.45, 7) is 11.4. The molecular formula is C14H23BrOSi. The first-order valence-corrected chi connectivity index (χ1v) is 10.1. The van der Waals surface area contributed by atoms with E-state index < -0.39 is 8.32 Å². The molecule has 1 atom stereocenters. The first-order valence-electron chi connectivity index (χ1n) is 6.06. The zero-order valence-electron chi connectivity index (χ0n) is 11.5. The summed E-state index contributed by atoms with van der Waals surface area (Å²) >= 11 is 3.57. The Balaban J connectivity index is 2.85. The van der Waals surface area contributed by atoms with Crippen LogP contribution in [0.4, 0.5) is 0 Å². The van der Waals surface area contributed by atoms with Crippen molar-refractivity contribution in [3.8, 4) is 0 Å². The summed E-state index contributed by atoms with van der Waals surface area (Å²) < 4.78 is 6.43. The van der Waals surface area contributed by atoms with Crippen molar-refractivity contribution in [3.05, 3.63) is 35.9 Å². The molecular weight excluding hydrogens is 292 g/mol. The Morgan fingerprint density at radius 3 is 2.12 bits per heavy atom. The van der Waals surface area contributed by atoms with Gasteiger partial charge in [-0.2, -0.15) is 0 Å². The highest BCUT2D eigenvalue weighted by Gasteiger charge is 2.39. The maximum Gasteiger partial charge on any atom is 0.192 e. The fourth-order valence-corrected chi connectivity index (χ4v) is 3.42. The Morgan fingerprint density at radius 2 is 1.71 bits per heavy atom. The van der Waals surface area contributed by atoms with E-state index in [1.807, 2.05) is 6.07 Å². The largest absolute Gasteiger partial charge is 0.409 e. The molecule has 1 nitrogen and oxygen atoms in total. The van der Waals surface area contributed by atoms with Gasteiger partial charge in [0.05, 0.1) is 6.10 Å². The second kappa shape index (κ2) is 5.68. The van der Waals surface area contributed by atoms with E-state index in [4.69, 9.17) is 4.43 Å². The number of hydrogen-bond donors (Lipinski definition) is 0. The van der Waals surface area contributed by atoms with Crippen molar-refractivity contribution in [2.24, 2.45) is 0 Å². The zero-order chi connectivity index (χ0) is 13.1. The smallest absolute Gasteiger partial charge is 0.192 e. The van der Waals surface area contributed by atoms with Crippen LogP contribution < -0.4 is 0 Å². The lowest BCUT2D eigenvalue weighted by molar-refractivity contribution is 0.208. The summed E-state index contributed by atoms with van der Waals surface area (Å²) in [6, 6.07) is 10.5. The summed E-state index contributed by atoms with van der Waals surface area (Å²) in [6.07, 6.45) is 0.164. The van der Waals surface area contributed by atoms with Gasteiger partial charge >= 0.3 is 0 Å². The van der Waals surface area contributed by atoms with E-state index >= 15 is 0 Å². The molecule has 0 aliphatic heterocycles. The molecule has 0 spiro atoms. The Bertz CT molecular complexity index is 343.